The van der Waals surface area contributed by atoms with Gasteiger partial charge in [0.25, 0.3) is 0 Å². The first kappa shape index (κ1) is 27.1. The Morgan fingerprint density at radius 3 is 1.94 bits per heavy atom. The highest BCUT2D eigenvalue weighted by Crippen LogP contribution is 2.33. The lowest BCUT2D eigenvalue weighted by molar-refractivity contribution is 0.0734. The number of unbranched alkanes of at least 4 members (excludes halogenated alkanes) is 7. The normalized spacial score (nSPS) is 17.7. The van der Waals surface area contributed by atoms with Crippen LogP contribution in [-0.2, 0) is 4.74 Å². The highest BCUT2D eigenvalue weighted by Gasteiger charge is 2.46. The third kappa shape index (κ3) is 9.21. The molecule has 0 spiro atoms. The van der Waals surface area contributed by atoms with Crippen molar-refractivity contribution in [2.24, 2.45) is 5.92 Å². The molecule has 1 saturated heterocycles. The predicted octanol–water partition coefficient (Wildman–Crippen LogP) is 7.62. The van der Waals surface area contributed by atoms with Gasteiger partial charge in [-0.15, -0.1) is 0 Å². The summed E-state index contributed by atoms with van der Waals surface area (Å²) >= 11 is 0. The van der Waals surface area contributed by atoms with Crippen molar-refractivity contribution in [2.75, 3.05) is 6.61 Å². The molecule has 2 aromatic rings. The Morgan fingerprint density at radius 2 is 1.34 bits per heavy atom. The van der Waals surface area contributed by atoms with E-state index in [1.54, 1.807) is 24.3 Å². The molecule has 3 atom stereocenters. The molecule has 5 nitrogen and oxygen atoms in total. The van der Waals surface area contributed by atoms with Crippen molar-refractivity contribution in [3.05, 3.63) is 54.1 Å². The van der Waals surface area contributed by atoms with Crippen molar-refractivity contribution >= 4 is 5.97 Å². The van der Waals surface area contributed by atoms with E-state index in [-0.39, 0.29) is 18.3 Å². The standard InChI is InChI=1S/C30H42O5/c1-5-6-7-8-9-10-11-12-21-32-25-15-13-24(14-16-25)30(31)34-27-19-17-26(18-20-27)33-23(4)29-28(35-29)22(2)3/h13-20,22-23,28-29H,5-12,21H2,1-4H3/t23-,28+,29+/m1/s1. The third-order valence-corrected chi connectivity index (χ3v) is 6.39. The van der Waals surface area contributed by atoms with Crippen molar-refractivity contribution < 1.29 is 23.7 Å². The SMILES string of the molecule is CCCCCCCCCCOc1ccc(C(=O)Oc2ccc(O[C@H](C)[C@@H]3O[C@H]3C(C)C)cc2)cc1. The zero-order valence-corrected chi connectivity index (χ0v) is 21.8. The van der Waals surface area contributed by atoms with Gasteiger partial charge >= 0.3 is 5.97 Å². The van der Waals surface area contributed by atoms with E-state index in [1.807, 2.05) is 31.2 Å². The van der Waals surface area contributed by atoms with Crippen LogP contribution in [0.1, 0.15) is 89.4 Å². The van der Waals surface area contributed by atoms with Crippen LogP contribution in [-0.4, -0.2) is 30.9 Å². The van der Waals surface area contributed by atoms with E-state index in [4.69, 9.17) is 18.9 Å². The molecule has 5 heteroatoms. The molecule has 1 aliphatic heterocycles. The summed E-state index contributed by atoms with van der Waals surface area (Å²) in [5.41, 5.74) is 0.490. The summed E-state index contributed by atoms with van der Waals surface area (Å²) in [4.78, 5) is 12.5. The van der Waals surface area contributed by atoms with Crippen LogP contribution in [0.2, 0.25) is 0 Å². The summed E-state index contributed by atoms with van der Waals surface area (Å²) in [5, 5.41) is 0. The number of ether oxygens (including phenoxy) is 4. The highest BCUT2D eigenvalue weighted by atomic mass is 16.6. The van der Waals surface area contributed by atoms with Crippen molar-refractivity contribution in [3.8, 4) is 17.2 Å². The second-order valence-corrected chi connectivity index (χ2v) is 9.84. The van der Waals surface area contributed by atoms with Gasteiger partial charge in [0.15, 0.2) is 0 Å². The molecule has 0 N–H and O–H groups in total. The van der Waals surface area contributed by atoms with Crippen molar-refractivity contribution in [1.29, 1.82) is 0 Å². The first-order chi connectivity index (χ1) is 17.0. The van der Waals surface area contributed by atoms with Crippen molar-refractivity contribution in [3.63, 3.8) is 0 Å². The molecule has 1 fully saturated rings. The summed E-state index contributed by atoms with van der Waals surface area (Å²) in [5.74, 6) is 2.08. The molecule has 1 aliphatic rings. The lowest BCUT2D eigenvalue weighted by Gasteiger charge is -2.13. The Labute approximate surface area is 211 Å². The quantitative estimate of drug-likeness (QED) is 0.107. The van der Waals surface area contributed by atoms with Gasteiger partial charge in [-0.05, 0) is 67.8 Å². The highest BCUT2D eigenvalue weighted by molar-refractivity contribution is 5.91. The van der Waals surface area contributed by atoms with Crippen molar-refractivity contribution in [1.82, 2.24) is 0 Å². The summed E-state index contributed by atoms with van der Waals surface area (Å²) < 4.78 is 23.0. The fourth-order valence-corrected chi connectivity index (χ4v) is 4.20. The van der Waals surface area contributed by atoms with E-state index in [9.17, 15) is 4.79 Å². The van der Waals surface area contributed by atoms with Crippen LogP contribution in [0, 0.1) is 5.92 Å². The zero-order chi connectivity index (χ0) is 25.0. The van der Waals surface area contributed by atoms with E-state index in [0.29, 0.717) is 23.8 Å². The van der Waals surface area contributed by atoms with Gasteiger partial charge in [-0.3, -0.25) is 0 Å². The molecule has 0 unspecified atom stereocenters. The van der Waals surface area contributed by atoms with Gasteiger partial charge in [0, 0.05) is 0 Å². The largest absolute Gasteiger partial charge is 0.494 e. The monoisotopic (exact) mass is 482 g/mol. The molecular formula is C30H42O5. The molecule has 3 rings (SSSR count). The molecule has 0 aromatic heterocycles. The van der Waals surface area contributed by atoms with Gasteiger partial charge in [0.2, 0.25) is 0 Å². The number of hydrogen-bond acceptors (Lipinski definition) is 5. The number of carbonyl (C=O) groups excluding carboxylic acids is 1. The average molecular weight is 483 g/mol. The minimum Gasteiger partial charge on any atom is -0.494 e. The fourth-order valence-electron chi connectivity index (χ4n) is 4.20. The number of epoxide rings is 1. The molecule has 2 aromatic carbocycles. The zero-order valence-electron chi connectivity index (χ0n) is 21.8. The number of rotatable bonds is 16. The average Bonchev–Trinajstić information content (AvgIpc) is 3.66. The van der Waals surface area contributed by atoms with Gasteiger partial charge in [0.1, 0.15) is 29.5 Å². The minimum atomic E-state index is -0.396. The van der Waals surface area contributed by atoms with E-state index >= 15 is 0 Å². The summed E-state index contributed by atoms with van der Waals surface area (Å²) in [6.45, 7) is 9.27. The second kappa shape index (κ2) is 14.1. The second-order valence-electron chi connectivity index (χ2n) is 9.84. The molecular weight excluding hydrogens is 440 g/mol. The Morgan fingerprint density at radius 1 is 0.771 bits per heavy atom. The first-order valence-electron chi connectivity index (χ1n) is 13.3. The number of hydrogen-bond donors (Lipinski definition) is 0. The van der Waals surface area contributed by atoms with E-state index in [0.717, 1.165) is 17.9 Å². The predicted molar refractivity (Wildman–Crippen MR) is 140 cm³/mol. The van der Waals surface area contributed by atoms with Gasteiger partial charge < -0.3 is 18.9 Å². The molecule has 192 valence electrons. The topological polar surface area (TPSA) is 57.3 Å². The number of esters is 1. The lowest BCUT2D eigenvalue weighted by atomic mass is 10.1. The number of benzene rings is 2. The van der Waals surface area contributed by atoms with Crippen LogP contribution < -0.4 is 14.2 Å². The summed E-state index contributed by atoms with van der Waals surface area (Å²) in [7, 11) is 0. The van der Waals surface area contributed by atoms with Crippen LogP contribution in [0.25, 0.3) is 0 Å². The Hall–Kier alpha value is -2.53. The van der Waals surface area contributed by atoms with Gasteiger partial charge in [-0.2, -0.15) is 0 Å². The first-order valence-corrected chi connectivity index (χ1v) is 13.3. The maximum Gasteiger partial charge on any atom is 0.343 e. The molecule has 0 radical (unpaired) electrons. The maximum atomic E-state index is 12.5. The Balaban J connectivity index is 1.34. The van der Waals surface area contributed by atoms with E-state index in [2.05, 4.69) is 20.8 Å². The van der Waals surface area contributed by atoms with Crippen LogP contribution in [0.4, 0.5) is 0 Å². The van der Waals surface area contributed by atoms with Crippen LogP contribution >= 0.6 is 0 Å². The van der Waals surface area contributed by atoms with Crippen LogP contribution in [0.3, 0.4) is 0 Å². The van der Waals surface area contributed by atoms with E-state index < -0.39 is 5.97 Å². The molecule has 0 saturated carbocycles. The summed E-state index contributed by atoms with van der Waals surface area (Å²) in [6.07, 6.45) is 10.6. The molecule has 1 heterocycles. The van der Waals surface area contributed by atoms with Gasteiger partial charge in [-0.1, -0.05) is 65.7 Å². The minimum absolute atomic E-state index is 0.0212. The molecule has 0 bridgehead atoms. The third-order valence-electron chi connectivity index (χ3n) is 6.39. The Kier molecular flexibility index (Phi) is 10.9. The lowest BCUT2D eigenvalue weighted by Crippen LogP contribution is -2.22. The summed E-state index contributed by atoms with van der Waals surface area (Å²) in [6, 6.07) is 14.2. The fraction of sp³-hybridized carbons (Fsp3) is 0.567. The van der Waals surface area contributed by atoms with Gasteiger partial charge in [-0.25, -0.2) is 4.79 Å². The maximum absolute atomic E-state index is 12.5. The van der Waals surface area contributed by atoms with Crippen LogP contribution in [0.15, 0.2) is 48.5 Å². The van der Waals surface area contributed by atoms with E-state index in [1.165, 1.54) is 44.9 Å². The molecule has 35 heavy (non-hydrogen) atoms. The van der Waals surface area contributed by atoms with Gasteiger partial charge in [0.05, 0.1) is 18.3 Å². The van der Waals surface area contributed by atoms with Crippen molar-refractivity contribution in [2.45, 2.75) is 97.4 Å². The molecule has 0 aliphatic carbocycles. The molecule has 0 amide bonds. The Bertz CT molecular complexity index is 875. The smallest absolute Gasteiger partial charge is 0.343 e. The number of carbonyl (C=O) groups is 1. The van der Waals surface area contributed by atoms with Crippen LogP contribution in [0.5, 0.6) is 17.2 Å².